The molecule has 1 aromatic rings. The van der Waals surface area contributed by atoms with E-state index in [1.807, 2.05) is 18.2 Å². The predicted octanol–water partition coefficient (Wildman–Crippen LogP) is 3.61. The van der Waals surface area contributed by atoms with Crippen molar-refractivity contribution in [3.05, 3.63) is 35.9 Å². The molecule has 3 nitrogen and oxygen atoms in total. The monoisotopic (exact) mass is 275 g/mol. The normalized spacial score (nSPS) is 25.1. The first-order chi connectivity index (χ1) is 9.46. The summed E-state index contributed by atoms with van der Waals surface area (Å²) in [5, 5.41) is 3.37. The zero-order chi connectivity index (χ0) is 14.6. The van der Waals surface area contributed by atoms with Gasteiger partial charge in [-0.2, -0.15) is 0 Å². The molecule has 110 valence electrons. The minimum atomic E-state index is -0.263. The van der Waals surface area contributed by atoms with Crippen LogP contribution in [0.25, 0.3) is 0 Å². The van der Waals surface area contributed by atoms with Gasteiger partial charge in [-0.1, -0.05) is 39.0 Å². The highest BCUT2D eigenvalue weighted by Crippen LogP contribution is 2.38. The second-order valence-electron chi connectivity index (χ2n) is 6.76. The summed E-state index contributed by atoms with van der Waals surface area (Å²) >= 11 is 0. The third kappa shape index (κ3) is 4.34. The molecule has 1 aliphatic rings. The van der Waals surface area contributed by atoms with Gasteiger partial charge in [-0.25, -0.2) is 4.79 Å². The summed E-state index contributed by atoms with van der Waals surface area (Å²) in [5.41, 5.74) is 0.977. The summed E-state index contributed by atoms with van der Waals surface area (Å²) in [4.78, 5) is 11.8. The van der Waals surface area contributed by atoms with Gasteiger partial charge in [0.25, 0.3) is 0 Å². The van der Waals surface area contributed by atoms with Crippen molar-refractivity contribution < 1.29 is 9.53 Å². The van der Waals surface area contributed by atoms with Crippen molar-refractivity contribution in [3.63, 3.8) is 0 Å². The molecule has 2 atom stereocenters. The molecule has 1 aromatic carbocycles. The van der Waals surface area contributed by atoms with E-state index < -0.39 is 0 Å². The molecule has 2 rings (SSSR count). The standard InChI is InChI=1S/C17H25NO2/c1-13-9-15(11-17(2,3)10-13)18-12-20-16(19)14-7-5-4-6-8-14/h4-8,13,15,18H,9-12H2,1-3H3/t13-,15+/m1/s1. The summed E-state index contributed by atoms with van der Waals surface area (Å²) in [6.45, 7) is 7.22. The number of esters is 1. The van der Waals surface area contributed by atoms with Crippen LogP contribution in [-0.4, -0.2) is 18.7 Å². The van der Waals surface area contributed by atoms with Crippen LogP contribution in [0.1, 0.15) is 50.4 Å². The Kier molecular flexibility index (Phi) is 4.81. The van der Waals surface area contributed by atoms with Crippen LogP contribution in [0.4, 0.5) is 0 Å². The van der Waals surface area contributed by atoms with E-state index in [1.165, 1.54) is 6.42 Å². The van der Waals surface area contributed by atoms with E-state index in [2.05, 4.69) is 26.1 Å². The minimum absolute atomic E-state index is 0.263. The number of benzene rings is 1. The molecule has 0 aliphatic heterocycles. The Morgan fingerprint density at radius 1 is 1.30 bits per heavy atom. The first kappa shape index (κ1) is 15.0. The van der Waals surface area contributed by atoms with Crippen molar-refractivity contribution in [2.75, 3.05) is 6.73 Å². The SMILES string of the molecule is C[C@@H]1C[C@H](NCOC(=O)c2ccccc2)CC(C)(C)C1. The number of hydrogen-bond acceptors (Lipinski definition) is 3. The van der Waals surface area contributed by atoms with Crippen molar-refractivity contribution in [2.45, 2.75) is 46.1 Å². The van der Waals surface area contributed by atoms with Crippen LogP contribution in [0.3, 0.4) is 0 Å². The average Bonchev–Trinajstić information content (AvgIpc) is 2.37. The van der Waals surface area contributed by atoms with Gasteiger partial charge in [0.05, 0.1) is 5.56 Å². The first-order valence-corrected chi connectivity index (χ1v) is 7.42. The van der Waals surface area contributed by atoms with Crippen molar-refractivity contribution in [1.82, 2.24) is 5.32 Å². The molecule has 0 amide bonds. The van der Waals surface area contributed by atoms with E-state index in [0.29, 0.717) is 23.8 Å². The van der Waals surface area contributed by atoms with Gasteiger partial charge in [0, 0.05) is 6.04 Å². The molecular formula is C17H25NO2. The maximum absolute atomic E-state index is 11.8. The highest BCUT2D eigenvalue weighted by atomic mass is 16.5. The van der Waals surface area contributed by atoms with Crippen LogP contribution in [0.5, 0.6) is 0 Å². The van der Waals surface area contributed by atoms with Crippen molar-refractivity contribution in [1.29, 1.82) is 0 Å². The predicted molar refractivity (Wildman–Crippen MR) is 80.4 cm³/mol. The van der Waals surface area contributed by atoms with Gasteiger partial charge in [0.15, 0.2) is 0 Å². The van der Waals surface area contributed by atoms with E-state index in [1.54, 1.807) is 12.1 Å². The van der Waals surface area contributed by atoms with Gasteiger partial charge < -0.3 is 4.74 Å². The Bertz CT molecular complexity index is 442. The Morgan fingerprint density at radius 3 is 2.65 bits per heavy atom. The van der Waals surface area contributed by atoms with E-state index in [4.69, 9.17) is 4.74 Å². The molecule has 1 aliphatic carbocycles. The molecule has 0 aromatic heterocycles. The average molecular weight is 275 g/mol. The Balaban J connectivity index is 1.77. The van der Waals surface area contributed by atoms with E-state index >= 15 is 0 Å². The lowest BCUT2D eigenvalue weighted by Gasteiger charge is -2.39. The molecule has 0 radical (unpaired) electrons. The molecule has 0 spiro atoms. The molecule has 3 heteroatoms. The maximum Gasteiger partial charge on any atom is 0.339 e. The molecule has 0 bridgehead atoms. The molecule has 0 unspecified atom stereocenters. The van der Waals surface area contributed by atoms with Crippen LogP contribution in [-0.2, 0) is 4.74 Å². The maximum atomic E-state index is 11.8. The van der Waals surface area contributed by atoms with Crippen molar-refractivity contribution in [3.8, 4) is 0 Å². The lowest BCUT2D eigenvalue weighted by Crippen LogP contribution is -2.41. The fourth-order valence-electron chi connectivity index (χ4n) is 3.38. The van der Waals surface area contributed by atoms with Crippen LogP contribution >= 0.6 is 0 Å². The van der Waals surface area contributed by atoms with E-state index in [9.17, 15) is 4.79 Å². The lowest BCUT2D eigenvalue weighted by molar-refractivity contribution is 0.0419. The van der Waals surface area contributed by atoms with Gasteiger partial charge in [-0.3, -0.25) is 5.32 Å². The third-order valence-corrected chi connectivity index (χ3v) is 3.97. The van der Waals surface area contributed by atoms with Crippen LogP contribution < -0.4 is 5.32 Å². The van der Waals surface area contributed by atoms with E-state index in [0.717, 1.165) is 18.8 Å². The van der Waals surface area contributed by atoms with Gasteiger partial charge in [-0.15, -0.1) is 0 Å². The minimum Gasteiger partial charge on any atom is -0.446 e. The molecule has 1 saturated carbocycles. The van der Waals surface area contributed by atoms with Gasteiger partial charge in [-0.05, 0) is 42.7 Å². The molecule has 0 heterocycles. The highest BCUT2D eigenvalue weighted by Gasteiger charge is 2.31. The number of carbonyl (C=O) groups is 1. The van der Waals surface area contributed by atoms with E-state index in [-0.39, 0.29) is 5.97 Å². The fourth-order valence-corrected chi connectivity index (χ4v) is 3.38. The Hall–Kier alpha value is -1.35. The van der Waals surface area contributed by atoms with Gasteiger partial charge >= 0.3 is 5.97 Å². The summed E-state index contributed by atoms with van der Waals surface area (Å²) in [6.07, 6.45) is 3.57. The van der Waals surface area contributed by atoms with Crippen LogP contribution in [0, 0.1) is 11.3 Å². The molecule has 20 heavy (non-hydrogen) atoms. The molecule has 0 saturated heterocycles. The Labute approximate surface area is 121 Å². The summed E-state index contributed by atoms with van der Waals surface area (Å²) < 4.78 is 5.28. The number of ether oxygens (including phenoxy) is 1. The number of nitrogens with one attached hydrogen (secondary N) is 1. The molecule has 1 fully saturated rings. The van der Waals surface area contributed by atoms with Gasteiger partial charge in [0.2, 0.25) is 0 Å². The molecular weight excluding hydrogens is 250 g/mol. The van der Waals surface area contributed by atoms with Crippen molar-refractivity contribution in [2.24, 2.45) is 11.3 Å². The fraction of sp³-hybridized carbons (Fsp3) is 0.588. The second-order valence-corrected chi connectivity index (χ2v) is 6.76. The smallest absolute Gasteiger partial charge is 0.339 e. The summed E-state index contributed by atoms with van der Waals surface area (Å²) in [5.74, 6) is 0.460. The lowest BCUT2D eigenvalue weighted by atomic mass is 9.71. The summed E-state index contributed by atoms with van der Waals surface area (Å²) in [6, 6.07) is 9.56. The Morgan fingerprint density at radius 2 is 2.00 bits per heavy atom. The zero-order valence-corrected chi connectivity index (χ0v) is 12.7. The van der Waals surface area contributed by atoms with Gasteiger partial charge in [0.1, 0.15) is 6.73 Å². The molecule has 1 N–H and O–H groups in total. The highest BCUT2D eigenvalue weighted by molar-refractivity contribution is 5.89. The second kappa shape index (κ2) is 6.40. The number of rotatable bonds is 4. The number of carbonyl (C=O) groups excluding carboxylic acids is 1. The third-order valence-electron chi connectivity index (χ3n) is 3.97. The number of hydrogen-bond donors (Lipinski definition) is 1. The quantitative estimate of drug-likeness (QED) is 0.674. The summed E-state index contributed by atoms with van der Waals surface area (Å²) in [7, 11) is 0. The van der Waals surface area contributed by atoms with Crippen molar-refractivity contribution >= 4 is 5.97 Å². The topological polar surface area (TPSA) is 38.3 Å². The zero-order valence-electron chi connectivity index (χ0n) is 12.7. The first-order valence-electron chi connectivity index (χ1n) is 7.42. The van der Waals surface area contributed by atoms with Crippen LogP contribution in [0.2, 0.25) is 0 Å². The largest absolute Gasteiger partial charge is 0.446 e. The van der Waals surface area contributed by atoms with Crippen LogP contribution in [0.15, 0.2) is 30.3 Å².